The molecule has 5 aliphatic heterocycles. The second kappa shape index (κ2) is 15.1. The average Bonchev–Trinajstić information content (AvgIpc) is 3.53. The molecule has 5 aliphatic rings. The third-order valence-corrected chi connectivity index (χ3v) is 12.8. The standard InChI is InChI=1S/C45H47F2N5O5/c1-27-20-31(46)3-6-34(27)37-26-57-41-23-33(53)5-8-36(41)43(37)29-2-9-39(38(47)22-29)51-14-12-28(13-15-51)24-49-16-18-50(19-17-49)32-4-7-35-30(21-32)25-52(45(35)56)40-10-11-42(54)48-44(40)55/h2-9,20-23,28,37,40,43,53H,10-19,24-26H2,1H3,(H,48,54,55)/t37?,40-,43?/m0/s1. The predicted molar refractivity (Wildman–Crippen MR) is 212 cm³/mol. The fourth-order valence-electron chi connectivity index (χ4n) is 9.77. The quantitative estimate of drug-likeness (QED) is 0.218. The Bertz CT molecular complexity index is 2230. The minimum atomic E-state index is -0.618. The summed E-state index contributed by atoms with van der Waals surface area (Å²) in [5.74, 6) is -0.607. The van der Waals surface area contributed by atoms with Gasteiger partial charge in [-0.3, -0.25) is 24.6 Å². The summed E-state index contributed by atoms with van der Waals surface area (Å²) in [5, 5.41) is 12.5. The molecule has 57 heavy (non-hydrogen) atoms. The van der Waals surface area contributed by atoms with Crippen LogP contribution in [0.5, 0.6) is 11.5 Å². The van der Waals surface area contributed by atoms with Crippen LogP contribution in [-0.2, 0) is 16.1 Å². The number of imide groups is 1. The first-order chi connectivity index (χ1) is 27.6. The van der Waals surface area contributed by atoms with E-state index in [-0.39, 0.29) is 47.5 Å². The summed E-state index contributed by atoms with van der Waals surface area (Å²) in [6.07, 6.45) is 2.55. The summed E-state index contributed by atoms with van der Waals surface area (Å²) in [5.41, 5.74) is 6.68. The topological polar surface area (TPSA) is 106 Å². The average molecular weight is 776 g/mol. The van der Waals surface area contributed by atoms with E-state index in [0.29, 0.717) is 42.5 Å². The number of benzene rings is 4. The molecule has 2 N–H and O–H groups in total. The van der Waals surface area contributed by atoms with E-state index in [1.165, 1.54) is 12.1 Å². The van der Waals surface area contributed by atoms with Crippen LogP contribution in [0.2, 0.25) is 0 Å². The summed E-state index contributed by atoms with van der Waals surface area (Å²) in [6, 6.07) is 20.7. The SMILES string of the molecule is Cc1cc(F)ccc1C1COc2cc(O)ccc2C1c1ccc(N2CCC(CN3CCN(c4ccc5c(c4)CN([C@H]4CCC(=O)NC4=O)C5=O)CC3)CC2)c(F)c1. The van der Waals surface area contributed by atoms with Crippen molar-refractivity contribution < 1.29 is 33.0 Å². The molecule has 2 unspecified atom stereocenters. The van der Waals surface area contributed by atoms with Crippen LogP contribution in [-0.4, -0.2) is 91.1 Å². The van der Waals surface area contributed by atoms with E-state index in [0.717, 1.165) is 92.2 Å². The monoisotopic (exact) mass is 775 g/mol. The summed E-state index contributed by atoms with van der Waals surface area (Å²) < 4.78 is 36.3. The normalized spacial score (nSPS) is 23.0. The van der Waals surface area contributed by atoms with Crippen LogP contribution in [0.1, 0.15) is 75.7 Å². The highest BCUT2D eigenvalue weighted by Crippen LogP contribution is 2.48. The number of nitrogens with zero attached hydrogens (tertiary/aromatic N) is 4. The van der Waals surface area contributed by atoms with Crippen molar-refractivity contribution in [2.45, 2.75) is 57.0 Å². The third kappa shape index (κ3) is 7.20. The Labute approximate surface area is 331 Å². The first-order valence-electron chi connectivity index (χ1n) is 20.1. The Morgan fingerprint density at radius 2 is 1.61 bits per heavy atom. The molecule has 0 aliphatic carbocycles. The Morgan fingerprint density at radius 3 is 2.37 bits per heavy atom. The number of aryl methyl sites for hydroxylation is 1. The van der Waals surface area contributed by atoms with Gasteiger partial charge in [0.15, 0.2) is 0 Å². The second-order valence-corrected chi connectivity index (χ2v) is 16.3. The number of fused-ring (bicyclic) bond motifs is 2. The van der Waals surface area contributed by atoms with Gasteiger partial charge in [0.05, 0.1) is 12.3 Å². The number of hydrogen-bond donors (Lipinski definition) is 2. The molecule has 9 rings (SSSR count). The molecule has 4 aromatic rings. The predicted octanol–water partition coefficient (Wildman–Crippen LogP) is 6.09. The maximum atomic E-state index is 16.1. The number of nitrogens with one attached hydrogen (secondary N) is 1. The molecule has 5 heterocycles. The van der Waals surface area contributed by atoms with Gasteiger partial charge in [-0.2, -0.15) is 0 Å². The molecule has 0 spiro atoms. The van der Waals surface area contributed by atoms with Gasteiger partial charge >= 0.3 is 0 Å². The van der Waals surface area contributed by atoms with E-state index in [9.17, 15) is 23.9 Å². The lowest BCUT2D eigenvalue weighted by Gasteiger charge is -2.40. The first-order valence-corrected chi connectivity index (χ1v) is 20.1. The Morgan fingerprint density at radius 1 is 0.825 bits per heavy atom. The van der Waals surface area contributed by atoms with Crippen LogP contribution < -0.4 is 19.9 Å². The van der Waals surface area contributed by atoms with Gasteiger partial charge in [-0.25, -0.2) is 8.78 Å². The molecule has 0 radical (unpaired) electrons. The van der Waals surface area contributed by atoms with Crippen LogP contribution in [0.3, 0.4) is 0 Å². The van der Waals surface area contributed by atoms with Crippen molar-refractivity contribution in [2.75, 3.05) is 62.2 Å². The molecule has 10 nitrogen and oxygen atoms in total. The molecule has 0 bridgehead atoms. The van der Waals surface area contributed by atoms with E-state index >= 15 is 4.39 Å². The zero-order valence-electron chi connectivity index (χ0n) is 32.1. The zero-order valence-corrected chi connectivity index (χ0v) is 32.1. The zero-order chi connectivity index (χ0) is 39.4. The van der Waals surface area contributed by atoms with Crippen molar-refractivity contribution in [2.24, 2.45) is 5.92 Å². The molecule has 0 aromatic heterocycles. The van der Waals surface area contributed by atoms with Crippen molar-refractivity contribution in [3.05, 3.63) is 118 Å². The summed E-state index contributed by atoms with van der Waals surface area (Å²) in [4.78, 5) is 45.9. The smallest absolute Gasteiger partial charge is 0.255 e. The van der Waals surface area contributed by atoms with Crippen LogP contribution >= 0.6 is 0 Å². The molecular formula is C45H47F2N5O5. The fourth-order valence-corrected chi connectivity index (χ4v) is 9.77. The van der Waals surface area contributed by atoms with Crippen LogP contribution in [0.4, 0.5) is 20.2 Å². The number of ether oxygens (including phenoxy) is 1. The minimum Gasteiger partial charge on any atom is -0.508 e. The van der Waals surface area contributed by atoms with Gasteiger partial charge in [0, 0.05) is 93.5 Å². The van der Waals surface area contributed by atoms with Crippen LogP contribution in [0.15, 0.2) is 72.8 Å². The lowest BCUT2D eigenvalue weighted by Crippen LogP contribution is -2.52. The lowest BCUT2D eigenvalue weighted by atomic mass is 9.74. The molecule has 3 fully saturated rings. The van der Waals surface area contributed by atoms with Crippen molar-refractivity contribution in [1.29, 1.82) is 0 Å². The second-order valence-electron chi connectivity index (χ2n) is 16.3. The lowest BCUT2D eigenvalue weighted by molar-refractivity contribution is -0.136. The summed E-state index contributed by atoms with van der Waals surface area (Å²) in [7, 11) is 0. The van der Waals surface area contributed by atoms with Crippen molar-refractivity contribution in [3.63, 3.8) is 0 Å². The number of carbonyl (C=O) groups is 3. The highest BCUT2D eigenvalue weighted by molar-refractivity contribution is 6.05. The van der Waals surface area contributed by atoms with Crippen molar-refractivity contribution in [1.82, 2.24) is 15.1 Å². The molecule has 3 amide bonds. The van der Waals surface area contributed by atoms with Crippen LogP contribution in [0.25, 0.3) is 0 Å². The first kappa shape index (κ1) is 37.1. The molecular weight excluding hydrogens is 729 g/mol. The van der Waals surface area contributed by atoms with Gasteiger partial charge in [-0.1, -0.05) is 18.2 Å². The molecule has 4 aromatic carbocycles. The van der Waals surface area contributed by atoms with Crippen molar-refractivity contribution >= 4 is 29.1 Å². The maximum Gasteiger partial charge on any atom is 0.255 e. The summed E-state index contributed by atoms with van der Waals surface area (Å²) in [6.45, 7) is 8.76. The Hall–Kier alpha value is -5.49. The van der Waals surface area contributed by atoms with E-state index in [1.54, 1.807) is 29.2 Å². The molecule has 3 saturated heterocycles. The number of aromatic hydroxyl groups is 1. The van der Waals surface area contributed by atoms with E-state index in [1.807, 2.05) is 37.3 Å². The number of halogens is 2. The number of anilines is 2. The largest absolute Gasteiger partial charge is 0.508 e. The Kier molecular flexibility index (Phi) is 9.84. The number of amides is 3. The highest BCUT2D eigenvalue weighted by atomic mass is 19.1. The number of piperazine rings is 1. The van der Waals surface area contributed by atoms with E-state index in [4.69, 9.17) is 4.74 Å². The number of phenolic OH excluding ortho intramolecular Hbond substituents is 1. The van der Waals surface area contributed by atoms with Gasteiger partial charge in [0.1, 0.15) is 29.2 Å². The third-order valence-electron chi connectivity index (χ3n) is 12.8. The van der Waals surface area contributed by atoms with Crippen LogP contribution in [0, 0.1) is 24.5 Å². The van der Waals surface area contributed by atoms with Gasteiger partial charge in [0.25, 0.3) is 5.91 Å². The molecule has 0 saturated carbocycles. The van der Waals surface area contributed by atoms with Gasteiger partial charge < -0.3 is 24.5 Å². The van der Waals surface area contributed by atoms with Gasteiger partial charge in [0.2, 0.25) is 11.8 Å². The number of piperidine rings is 2. The number of carbonyl (C=O) groups excluding carboxylic acids is 3. The molecule has 12 heteroatoms. The Balaban J connectivity index is 0.805. The fraction of sp³-hybridized carbons (Fsp3) is 0.400. The van der Waals surface area contributed by atoms with Gasteiger partial charge in [-0.15, -0.1) is 0 Å². The van der Waals surface area contributed by atoms with E-state index < -0.39 is 11.9 Å². The molecule has 296 valence electrons. The minimum absolute atomic E-state index is 0.105. The number of hydrogen-bond acceptors (Lipinski definition) is 8. The number of rotatable bonds is 7. The molecule has 3 atom stereocenters. The maximum absolute atomic E-state index is 16.1. The van der Waals surface area contributed by atoms with Gasteiger partial charge in [-0.05, 0) is 103 Å². The summed E-state index contributed by atoms with van der Waals surface area (Å²) >= 11 is 0. The number of phenols is 1. The highest BCUT2D eigenvalue weighted by Gasteiger charge is 2.40. The van der Waals surface area contributed by atoms with Crippen molar-refractivity contribution in [3.8, 4) is 11.5 Å². The van der Waals surface area contributed by atoms with E-state index in [2.05, 4.69) is 26.1 Å².